The minimum atomic E-state index is -0.237. The van der Waals surface area contributed by atoms with Crippen molar-refractivity contribution in [3.8, 4) is 11.5 Å². The van der Waals surface area contributed by atoms with E-state index < -0.39 is 0 Å². The average Bonchev–Trinajstić information content (AvgIpc) is 3.22. The second-order valence-electron chi connectivity index (χ2n) is 8.82. The Bertz CT molecular complexity index is 1360. The van der Waals surface area contributed by atoms with Crippen LogP contribution in [0.1, 0.15) is 34.0 Å². The molecular weight excluding hydrogens is 426 g/mol. The third-order valence-electron chi connectivity index (χ3n) is 6.58. The highest BCUT2D eigenvalue weighted by Gasteiger charge is 2.35. The van der Waals surface area contributed by atoms with Crippen molar-refractivity contribution in [3.63, 3.8) is 0 Å². The van der Waals surface area contributed by atoms with Crippen LogP contribution >= 0.6 is 0 Å². The Kier molecular flexibility index (Phi) is 5.65. The number of methoxy groups -OCH3 is 2. The number of ether oxygens (including phenoxy) is 2. The number of hydrogen-bond donors (Lipinski definition) is 2. The lowest BCUT2D eigenvalue weighted by molar-refractivity contribution is 0.193. The SMILES string of the molecule is COc1ccc2[nH]c3c(c2c1)CCN(C(=O)Nc1cc(C)ccc1OC)[C@@H]3c1ccc(C)cc1. The molecule has 2 amide bonds. The van der Waals surface area contributed by atoms with Crippen molar-refractivity contribution in [2.45, 2.75) is 26.3 Å². The first-order valence-electron chi connectivity index (χ1n) is 11.5. The molecule has 6 nitrogen and oxygen atoms in total. The molecule has 2 N–H and O–H groups in total. The second-order valence-corrected chi connectivity index (χ2v) is 8.82. The first kappa shape index (κ1) is 21.9. The topological polar surface area (TPSA) is 66.6 Å². The Morgan fingerprint density at radius 1 is 0.971 bits per heavy atom. The lowest BCUT2D eigenvalue weighted by Gasteiger charge is -2.36. The molecule has 0 spiro atoms. The third kappa shape index (κ3) is 3.85. The summed E-state index contributed by atoms with van der Waals surface area (Å²) in [7, 11) is 3.29. The monoisotopic (exact) mass is 455 g/mol. The van der Waals surface area contributed by atoms with E-state index in [2.05, 4.69) is 47.6 Å². The molecule has 1 aliphatic heterocycles. The van der Waals surface area contributed by atoms with Crippen LogP contribution in [0.3, 0.4) is 0 Å². The van der Waals surface area contributed by atoms with Crippen molar-refractivity contribution in [1.29, 1.82) is 0 Å². The quantitative estimate of drug-likeness (QED) is 0.398. The van der Waals surface area contributed by atoms with E-state index >= 15 is 0 Å². The van der Waals surface area contributed by atoms with Crippen LogP contribution in [0.25, 0.3) is 10.9 Å². The number of amides is 2. The van der Waals surface area contributed by atoms with Gasteiger partial charge in [0, 0.05) is 23.1 Å². The number of aromatic nitrogens is 1. The molecule has 0 radical (unpaired) electrons. The maximum absolute atomic E-state index is 13.6. The van der Waals surface area contributed by atoms with E-state index in [-0.39, 0.29) is 12.1 Å². The van der Waals surface area contributed by atoms with Crippen molar-refractivity contribution in [3.05, 3.63) is 88.6 Å². The van der Waals surface area contributed by atoms with Crippen LogP contribution in [0, 0.1) is 13.8 Å². The predicted octanol–water partition coefficient (Wildman–Crippen LogP) is 5.98. The van der Waals surface area contributed by atoms with E-state index in [4.69, 9.17) is 9.47 Å². The maximum Gasteiger partial charge on any atom is 0.322 e. The molecule has 34 heavy (non-hydrogen) atoms. The molecule has 174 valence electrons. The molecule has 3 aromatic carbocycles. The molecule has 0 unspecified atom stereocenters. The van der Waals surface area contributed by atoms with Crippen molar-refractivity contribution in [1.82, 2.24) is 9.88 Å². The van der Waals surface area contributed by atoms with Crippen LogP contribution in [0.5, 0.6) is 11.5 Å². The van der Waals surface area contributed by atoms with Crippen LogP contribution in [-0.2, 0) is 6.42 Å². The summed E-state index contributed by atoms with van der Waals surface area (Å²) in [4.78, 5) is 19.2. The molecule has 0 saturated heterocycles. The minimum Gasteiger partial charge on any atom is -0.497 e. The van der Waals surface area contributed by atoms with E-state index in [1.54, 1.807) is 14.2 Å². The first-order valence-corrected chi connectivity index (χ1v) is 11.5. The Labute approximate surface area is 199 Å². The summed E-state index contributed by atoms with van der Waals surface area (Å²) in [6.07, 6.45) is 0.753. The maximum atomic E-state index is 13.6. The molecule has 0 aliphatic carbocycles. The van der Waals surface area contributed by atoms with Crippen LogP contribution < -0.4 is 14.8 Å². The number of nitrogens with one attached hydrogen (secondary N) is 2. The summed E-state index contributed by atoms with van der Waals surface area (Å²) in [6, 6.07) is 19.9. The number of hydrogen-bond acceptors (Lipinski definition) is 3. The number of fused-ring (bicyclic) bond motifs is 3. The standard InChI is InChI=1S/C28H29N3O3/c1-17-5-8-19(9-6-17)27-26-21(22-16-20(33-3)10-11-23(22)29-26)13-14-31(27)28(32)30-24-15-18(2)7-12-25(24)34-4/h5-12,15-16,27,29H,13-14H2,1-4H3,(H,30,32)/t27-/m1/s1. The van der Waals surface area contributed by atoms with Gasteiger partial charge in [0.15, 0.2) is 0 Å². The van der Waals surface area contributed by atoms with Gasteiger partial charge in [-0.05, 0) is 67.3 Å². The summed E-state index contributed by atoms with van der Waals surface area (Å²) in [5, 5.41) is 4.24. The Morgan fingerprint density at radius 2 is 1.74 bits per heavy atom. The van der Waals surface area contributed by atoms with E-state index in [1.165, 1.54) is 11.1 Å². The summed E-state index contributed by atoms with van der Waals surface area (Å²) in [5.74, 6) is 1.47. The first-order chi connectivity index (χ1) is 16.5. The van der Waals surface area contributed by atoms with Gasteiger partial charge in [-0.15, -0.1) is 0 Å². The Hall–Kier alpha value is -3.93. The second kappa shape index (κ2) is 8.78. The number of aromatic amines is 1. The van der Waals surface area contributed by atoms with Gasteiger partial charge in [-0.25, -0.2) is 4.79 Å². The lowest BCUT2D eigenvalue weighted by Crippen LogP contribution is -2.43. The van der Waals surface area contributed by atoms with E-state index in [0.29, 0.717) is 18.0 Å². The molecule has 1 atom stereocenters. The van der Waals surface area contributed by atoms with Gasteiger partial charge in [0.25, 0.3) is 0 Å². The number of H-pyrrole nitrogens is 1. The van der Waals surface area contributed by atoms with Crippen LogP contribution in [0.2, 0.25) is 0 Å². The third-order valence-corrected chi connectivity index (χ3v) is 6.58. The van der Waals surface area contributed by atoms with Gasteiger partial charge in [0.05, 0.1) is 25.9 Å². The highest BCUT2D eigenvalue weighted by atomic mass is 16.5. The zero-order valence-electron chi connectivity index (χ0n) is 19.9. The average molecular weight is 456 g/mol. The smallest absolute Gasteiger partial charge is 0.322 e. The Morgan fingerprint density at radius 3 is 2.47 bits per heavy atom. The van der Waals surface area contributed by atoms with Gasteiger partial charge in [-0.3, -0.25) is 0 Å². The van der Waals surface area contributed by atoms with Gasteiger partial charge in [-0.1, -0.05) is 35.9 Å². The molecule has 1 aliphatic rings. The number of carbonyl (C=O) groups is 1. The summed E-state index contributed by atoms with van der Waals surface area (Å²) < 4.78 is 10.9. The lowest BCUT2D eigenvalue weighted by atomic mass is 9.92. The fourth-order valence-electron chi connectivity index (χ4n) is 4.82. The summed E-state index contributed by atoms with van der Waals surface area (Å²) >= 11 is 0. The molecule has 5 rings (SSSR count). The number of nitrogens with zero attached hydrogens (tertiary/aromatic N) is 1. The summed E-state index contributed by atoms with van der Waals surface area (Å²) in [6.45, 7) is 4.66. The molecule has 0 fully saturated rings. The van der Waals surface area contributed by atoms with Gasteiger partial charge >= 0.3 is 6.03 Å². The number of rotatable bonds is 4. The molecule has 4 aromatic rings. The normalized spacial score (nSPS) is 15.2. The van der Waals surface area contributed by atoms with Crippen molar-refractivity contribution >= 4 is 22.6 Å². The van der Waals surface area contributed by atoms with Gasteiger partial charge in [-0.2, -0.15) is 0 Å². The van der Waals surface area contributed by atoms with Crippen LogP contribution in [0.15, 0.2) is 60.7 Å². The molecule has 0 saturated carbocycles. The van der Waals surface area contributed by atoms with E-state index in [9.17, 15) is 4.79 Å². The zero-order valence-corrected chi connectivity index (χ0v) is 19.9. The van der Waals surface area contributed by atoms with E-state index in [0.717, 1.165) is 39.9 Å². The van der Waals surface area contributed by atoms with Crippen molar-refractivity contribution < 1.29 is 14.3 Å². The summed E-state index contributed by atoms with van der Waals surface area (Å²) in [5.41, 5.74) is 7.30. The fourth-order valence-corrected chi connectivity index (χ4v) is 4.82. The van der Waals surface area contributed by atoms with Gasteiger partial charge in [0.1, 0.15) is 11.5 Å². The molecule has 6 heteroatoms. The molecule has 2 heterocycles. The number of carbonyl (C=O) groups excluding carboxylic acids is 1. The zero-order chi connectivity index (χ0) is 23.8. The fraction of sp³-hybridized carbons (Fsp3) is 0.250. The highest BCUT2D eigenvalue weighted by molar-refractivity contribution is 5.93. The molecule has 0 bridgehead atoms. The van der Waals surface area contributed by atoms with Crippen LogP contribution in [0.4, 0.5) is 10.5 Å². The van der Waals surface area contributed by atoms with Gasteiger partial charge in [0.2, 0.25) is 0 Å². The minimum absolute atomic E-state index is 0.156. The van der Waals surface area contributed by atoms with Crippen molar-refractivity contribution in [2.75, 3.05) is 26.1 Å². The van der Waals surface area contributed by atoms with Crippen molar-refractivity contribution in [2.24, 2.45) is 0 Å². The predicted molar refractivity (Wildman–Crippen MR) is 135 cm³/mol. The molecule has 1 aromatic heterocycles. The highest BCUT2D eigenvalue weighted by Crippen LogP contribution is 2.40. The van der Waals surface area contributed by atoms with E-state index in [1.807, 2.05) is 42.2 Å². The van der Waals surface area contributed by atoms with Crippen LogP contribution in [-0.4, -0.2) is 36.7 Å². The number of aryl methyl sites for hydroxylation is 2. The largest absolute Gasteiger partial charge is 0.497 e. The van der Waals surface area contributed by atoms with Gasteiger partial charge < -0.3 is 24.7 Å². The number of benzene rings is 3. The number of urea groups is 1. The number of anilines is 1. The molecular formula is C28H29N3O3. The Balaban J connectivity index is 1.58.